The van der Waals surface area contributed by atoms with E-state index in [9.17, 15) is 9.18 Å². The molecule has 2 atom stereocenters. The molecular formula is C17H23FN4O. The Bertz CT molecular complexity index is 683. The maximum atomic E-state index is 14.3. The highest BCUT2D eigenvalue weighted by Gasteiger charge is 2.19. The van der Waals surface area contributed by atoms with E-state index < -0.39 is 6.04 Å². The fraction of sp³-hybridized carbons (Fsp3) is 0.412. The first kappa shape index (κ1) is 17.1. The third-order valence-corrected chi connectivity index (χ3v) is 4.12. The van der Waals surface area contributed by atoms with Crippen LogP contribution < -0.4 is 11.1 Å². The first-order valence-corrected chi connectivity index (χ1v) is 7.76. The highest BCUT2D eigenvalue weighted by atomic mass is 19.1. The zero-order valence-electron chi connectivity index (χ0n) is 13.7. The van der Waals surface area contributed by atoms with Crippen LogP contribution in [0, 0.1) is 18.7 Å². The Hall–Kier alpha value is -2.21. The summed E-state index contributed by atoms with van der Waals surface area (Å²) in [7, 11) is 0. The van der Waals surface area contributed by atoms with Crippen molar-refractivity contribution in [1.29, 1.82) is 0 Å². The van der Waals surface area contributed by atoms with Crippen molar-refractivity contribution in [3.05, 3.63) is 47.8 Å². The lowest BCUT2D eigenvalue weighted by molar-refractivity contribution is -0.123. The van der Waals surface area contributed by atoms with E-state index in [-0.39, 0.29) is 24.2 Å². The van der Waals surface area contributed by atoms with Gasteiger partial charge in [0.1, 0.15) is 11.6 Å². The molecule has 0 aliphatic rings. The van der Waals surface area contributed by atoms with E-state index in [4.69, 9.17) is 5.73 Å². The molecule has 0 aliphatic heterocycles. The minimum Gasteiger partial charge on any atom is -0.351 e. The fourth-order valence-corrected chi connectivity index (χ4v) is 2.31. The summed E-state index contributed by atoms with van der Waals surface area (Å²) in [6.07, 6.45) is 4.17. The summed E-state index contributed by atoms with van der Waals surface area (Å²) < 4.78 is 16.0. The van der Waals surface area contributed by atoms with Crippen LogP contribution in [0.15, 0.2) is 30.6 Å². The zero-order chi connectivity index (χ0) is 17.0. The average molecular weight is 318 g/mol. The molecule has 1 aromatic heterocycles. The van der Waals surface area contributed by atoms with Crippen LogP contribution in [0.5, 0.6) is 0 Å². The molecule has 5 nitrogen and oxygen atoms in total. The first-order chi connectivity index (χ1) is 10.9. The van der Waals surface area contributed by atoms with Crippen LogP contribution in [0.25, 0.3) is 5.69 Å². The van der Waals surface area contributed by atoms with Gasteiger partial charge in [-0.2, -0.15) is 0 Å². The van der Waals surface area contributed by atoms with Gasteiger partial charge >= 0.3 is 0 Å². The number of halogens is 1. The monoisotopic (exact) mass is 318 g/mol. The van der Waals surface area contributed by atoms with Gasteiger partial charge in [-0.25, -0.2) is 9.37 Å². The molecule has 0 radical (unpaired) electrons. The van der Waals surface area contributed by atoms with Gasteiger partial charge in [-0.05, 0) is 30.5 Å². The number of carbonyl (C=O) groups is 1. The summed E-state index contributed by atoms with van der Waals surface area (Å²) in [6.45, 7) is 5.99. The van der Waals surface area contributed by atoms with Gasteiger partial charge in [-0.15, -0.1) is 0 Å². The van der Waals surface area contributed by atoms with Crippen molar-refractivity contribution in [2.24, 2.45) is 11.7 Å². The van der Waals surface area contributed by atoms with Crippen LogP contribution >= 0.6 is 0 Å². The molecule has 3 N–H and O–H groups in total. The van der Waals surface area contributed by atoms with E-state index in [1.807, 2.05) is 20.8 Å². The Balaban J connectivity index is 2.04. The van der Waals surface area contributed by atoms with Crippen molar-refractivity contribution in [3.8, 4) is 5.69 Å². The van der Waals surface area contributed by atoms with Crippen molar-refractivity contribution in [2.45, 2.75) is 39.8 Å². The van der Waals surface area contributed by atoms with Crippen molar-refractivity contribution in [1.82, 2.24) is 14.9 Å². The molecule has 0 aliphatic carbocycles. The van der Waals surface area contributed by atoms with Crippen LogP contribution in [0.2, 0.25) is 0 Å². The lowest BCUT2D eigenvalue weighted by Crippen LogP contribution is -2.44. The molecule has 0 bridgehead atoms. The smallest absolute Gasteiger partial charge is 0.237 e. The predicted molar refractivity (Wildman–Crippen MR) is 87.5 cm³/mol. The second-order valence-electron chi connectivity index (χ2n) is 5.76. The molecule has 0 saturated carbocycles. The SMILES string of the molecule is CCC(C)C(N)C(=O)NCc1ccc(-n2ccnc2C)c(F)c1. The molecule has 2 unspecified atom stereocenters. The minimum absolute atomic E-state index is 0.110. The predicted octanol–water partition coefficient (Wildman–Crippen LogP) is 2.31. The number of aromatic nitrogens is 2. The van der Waals surface area contributed by atoms with Crippen molar-refractivity contribution in [3.63, 3.8) is 0 Å². The first-order valence-electron chi connectivity index (χ1n) is 7.76. The number of nitrogens with one attached hydrogen (secondary N) is 1. The quantitative estimate of drug-likeness (QED) is 0.858. The number of benzene rings is 1. The minimum atomic E-state index is -0.544. The summed E-state index contributed by atoms with van der Waals surface area (Å²) in [5.41, 5.74) is 7.00. The normalized spacial score (nSPS) is 13.6. The number of hydrogen-bond donors (Lipinski definition) is 2. The lowest BCUT2D eigenvalue weighted by Gasteiger charge is -2.18. The van der Waals surface area contributed by atoms with E-state index in [0.717, 1.165) is 6.42 Å². The van der Waals surface area contributed by atoms with Crippen LogP contribution in [0.4, 0.5) is 4.39 Å². The fourth-order valence-electron chi connectivity index (χ4n) is 2.31. The lowest BCUT2D eigenvalue weighted by atomic mass is 9.99. The van der Waals surface area contributed by atoms with E-state index in [1.54, 1.807) is 29.1 Å². The Kier molecular flexibility index (Phi) is 5.50. The largest absolute Gasteiger partial charge is 0.351 e. The van der Waals surface area contributed by atoms with E-state index in [1.165, 1.54) is 6.07 Å². The maximum absolute atomic E-state index is 14.3. The molecule has 1 amide bonds. The molecular weight excluding hydrogens is 295 g/mol. The zero-order valence-corrected chi connectivity index (χ0v) is 13.7. The number of imidazole rings is 1. The summed E-state index contributed by atoms with van der Waals surface area (Å²) in [6, 6.07) is 4.34. The molecule has 2 aromatic rings. The third-order valence-electron chi connectivity index (χ3n) is 4.12. The Morgan fingerprint density at radius 2 is 2.22 bits per heavy atom. The second kappa shape index (κ2) is 7.37. The van der Waals surface area contributed by atoms with Gasteiger partial charge in [0.05, 0.1) is 11.7 Å². The number of hydrogen-bond acceptors (Lipinski definition) is 3. The van der Waals surface area contributed by atoms with Gasteiger partial charge in [0.15, 0.2) is 0 Å². The number of aryl methyl sites for hydroxylation is 1. The molecule has 6 heteroatoms. The van der Waals surface area contributed by atoms with Crippen LogP contribution in [-0.4, -0.2) is 21.5 Å². The molecule has 0 saturated heterocycles. The molecule has 0 spiro atoms. The summed E-state index contributed by atoms with van der Waals surface area (Å²) in [5.74, 6) is 0.251. The highest BCUT2D eigenvalue weighted by Crippen LogP contribution is 2.17. The number of rotatable bonds is 6. The Labute approximate surface area is 135 Å². The standard InChI is InChI=1S/C17H23FN4O/c1-4-11(2)16(19)17(23)21-10-13-5-6-15(14(18)9-13)22-8-7-20-12(22)3/h5-9,11,16H,4,10,19H2,1-3H3,(H,21,23). The van der Waals surface area contributed by atoms with Crippen molar-refractivity contribution >= 4 is 5.91 Å². The molecule has 124 valence electrons. The molecule has 0 fully saturated rings. The number of amides is 1. The van der Waals surface area contributed by atoms with Gasteiger partial charge in [0.2, 0.25) is 5.91 Å². The molecule has 2 rings (SSSR count). The third kappa shape index (κ3) is 3.96. The topological polar surface area (TPSA) is 72.9 Å². The van der Waals surface area contributed by atoms with Crippen LogP contribution in [0.3, 0.4) is 0 Å². The maximum Gasteiger partial charge on any atom is 0.237 e. The van der Waals surface area contributed by atoms with Gasteiger partial charge in [0, 0.05) is 18.9 Å². The summed E-state index contributed by atoms with van der Waals surface area (Å²) >= 11 is 0. The Morgan fingerprint density at radius 3 is 2.78 bits per heavy atom. The van der Waals surface area contributed by atoms with Gasteiger partial charge < -0.3 is 15.6 Å². The summed E-state index contributed by atoms with van der Waals surface area (Å²) in [4.78, 5) is 16.0. The summed E-state index contributed by atoms with van der Waals surface area (Å²) in [5, 5.41) is 2.76. The van der Waals surface area contributed by atoms with Gasteiger partial charge in [-0.3, -0.25) is 4.79 Å². The number of carbonyl (C=O) groups excluding carboxylic acids is 1. The molecule has 1 heterocycles. The molecule has 23 heavy (non-hydrogen) atoms. The van der Waals surface area contributed by atoms with Gasteiger partial charge in [-0.1, -0.05) is 26.3 Å². The van der Waals surface area contributed by atoms with E-state index in [2.05, 4.69) is 10.3 Å². The second-order valence-corrected chi connectivity index (χ2v) is 5.76. The number of nitrogens with two attached hydrogens (primary N) is 1. The van der Waals surface area contributed by atoms with Crippen molar-refractivity contribution < 1.29 is 9.18 Å². The highest BCUT2D eigenvalue weighted by molar-refractivity contribution is 5.81. The van der Waals surface area contributed by atoms with Crippen LogP contribution in [0.1, 0.15) is 31.7 Å². The van der Waals surface area contributed by atoms with Crippen molar-refractivity contribution in [2.75, 3.05) is 0 Å². The van der Waals surface area contributed by atoms with E-state index >= 15 is 0 Å². The van der Waals surface area contributed by atoms with Gasteiger partial charge in [0.25, 0.3) is 0 Å². The molecule has 1 aromatic carbocycles. The van der Waals surface area contributed by atoms with Crippen LogP contribution in [-0.2, 0) is 11.3 Å². The number of nitrogens with zero attached hydrogens (tertiary/aromatic N) is 2. The Morgan fingerprint density at radius 1 is 1.48 bits per heavy atom. The van der Waals surface area contributed by atoms with E-state index in [0.29, 0.717) is 17.1 Å². The average Bonchev–Trinajstić information content (AvgIpc) is 2.97.